The van der Waals surface area contributed by atoms with Crippen molar-refractivity contribution in [2.75, 3.05) is 5.88 Å². The predicted octanol–water partition coefficient (Wildman–Crippen LogP) is 2.59. The number of nitrogens with zero attached hydrogens (tertiary/aromatic N) is 3. The lowest BCUT2D eigenvalue weighted by molar-refractivity contribution is -0.0325. The van der Waals surface area contributed by atoms with E-state index in [1.54, 1.807) is 13.8 Å². The van der Waals surface area contributed by atoms with Crippen LogP contribution in [-0.2, 0) is 6.54 Å². The van der Waals surface area contributed by atoms with Gasteiger partial charge in [0.15, 0.2) is 0 Å². The van der Waals surface area contributed by atoms with Gasteiger partial charge in [-0.15, -0.1) is 11.6 Å². The highest BCUT2D eigenvalue weighted by Gasteiger charge is 2.46. The number of aliphatic hydroxyl groups is 1. The van der Waals surface area contributed by atoms with Gasteiger partial charge in [-0.2, -0.15) is 5.10 Å². The second-order valence-corrected chi connectivity index (χ2v) is 5.32. The molecular formula is C10H14Cl3N3O. The quantitative estimate of drug-likeness (QED) is 0.850. The van der Waals surface area contributed by atoms with Crippen molar-refractivity contribution in [3.05, 3.63) is 23.2 Å². The average molecular weight is 299 g/mol. The van der Waals surface area contributed by atoms with Crippen LogP contribution >= 0.6 is 34.8 Å². The van der Waals surface area contributed by atoms with Gasteiger partial charge in [0.05, 0.1) is 11.6 Å². The third kappa shape index (κ3) is 2.94. The van der Waals surface area contributed by atoms with Crippen LogP contribution in [0.3, 0.4) is 0 Å². The molecule has 7 heteroatoms. The van der Waals surface area contributed by atoms with Gasteiger partial charge in [-0.1, -0.05) is 37.0 Å². The Labute approximate surface area is 115 Å². The molecule has 1 atom stereocenters. The van der Waals surface area contributed by atoms with Crippen molar-refractivity contribution in [3.63, 3.8) is 0 Å². The lowest BCUT2D eigenvalue weighted by Gasteiger charge is -2.41. The molecule has 0 radical (unpaired) electrons. The van der Waals surface area contributed by atoms with Crippen LogP contribution in [0.2, 0.25) is 0 Å². The Morgan fingerprint density at radius 1 is 1.53 bits per heavy atom. The van der Waals surface area contributed by atoms with Gasteiger partial charge in [-0.3, -0.25) is 0 Å². The molecule has 1 aromatic heterocycles. The normalized spacial score (nSPS) is 16.9. The van der Waals surface area contributed by atoms with E-state index in [9.17, 15) is 5.11 Å². The van der Waals surface area contributed by atoms with Crippen LogP contribution in [0.25, 0.3) is 0 Å². The molecule has 0 aromatic carbocycles. The minimum absolute atomic E-state index is 0.125. The minimum Gasteiger partial charge on any atom is -0.382 e. The van der Waals surface area contributed by atoms with Crippen LogP contribution in [0.15, 0.2) is 23.2 Å². The fraction of sp³-hybridized carbons (Fsp3) is 0.600. The van der Waals surface area contributed by atoms with Crippen LogP contribution in [0.1, 0.15) is 13.8 Å². The van der Waals surface area contributed by atoms with Crippen molar-refractivity contribution in [1.29, 1.82) is 0 Å². The van der Waals surface area contributed by atoms with Crippen molar-refractivity contribution in [2.24, 2.45) is 5.41 Å². The monoisotopic (exact) mass is 297 g/mol. The Kier molecular flexibility index (Phi) is 4.84. The molecule has 0 fully saturated rings. The number of aromatic nitrogens is 3. The summed E-state index contributed by atoms with van der Waals surface area (Å²) in [5, 5.41) is 14.8. The Hall–Kier alpha value is -0.290. The Morgan fingerprint density at radius 2 is 2.18 bits per heavy atom. The topological polar surface area (TPSA) is 50.9 Å². The van der Waals surface area contributed by atoms with Crippen molar-refractivity contribution in [1.82, 2.24) is 14.8 Å². The van der Waals surface area contributed by atoms with E-state index in [4.69, 9.17) is 34.8 Å². The minimum atomic E-state index is -1.40. The second-order valence-electron chi connectivity index (χ2n) is 4.43. The van der Waals surface area contributed by atoms with E-state index in [0.717, 1.165) is 5.54 Å². The summed E-state index contributed by atoms with van der Waals surface area (Å²) < 4.78 is 1.48. The molecule has 0 aliphatic rings. The first-order chi connectivity index (χ1) is 7.87. The summed E-state index contributed by atoms with van der Waals surface area (Å²) in [6.45, 7) is 3.74. The van der Waals surface area contributed by atoms with Gasteiger partial charge in [0.25, 0.3) is 0 Å². The number of halogens is 3. The maximum Gasteiger partial charge on any atom is 0.137 e. The molecule has 1 unspecified atom stereocenters. The Balaban J connectivity index is 3.11. The highest BCUT2D eigenvalue weighted by atomic mass is 35.5. The molecule has 4 nitrogen and oxygen atoms in total. The Morgan fingerprint density at radius 3 is 2.59 bits per heavy atom. The van der Waals surface area contributed by atoms with Crippen LogP contribution in [-0.4, -0.2) is 31.4 Å². The molecule has 1 N–H and O–H groups in total. The van der Waals surface area contributed by atoms with Gasteiger partial charge in [0.2, 0.25) is 0 Å². The van der Waals surface area contributed by atoms with E-state index in [1.165, 1.54) is 17.3 Å². The van der Waals surface area contributed by atoms with Gasteiger partial charge in [-0.25, -0.2) is 9.67 Å². The highest BCUT2D eigenvalue weighted by Crippen LogP contribution is 2.41. The summed E-state index contributed by atoms with van der Waals surface area (Å²) in [6.07, 6.45) is 2.88. The van der Waals surface area contributed by atoms with Crippen molar-refractivity contribution < 1.29 is 5.11 Å². The first kappa shape index (κ1) is 14.8. The molecule has 1 heterocycles. The zero-order chi connectivity index (χ0) is 13.1. The molecule has 0 saturated heterocycles. The molecule has 0 spiro atoms. The molecule has 0 aliphatic heterocycles. The van der Waals surface area contributed by atoms with Crippen molar-refractivity contribution >= 4 is 34.8 Å². The molecule has 17 heavy (non-hydrogen) atoms. The predicted molar refractivity (Wildman–Crippen MR) is 69.3 cm³/mol. The van der Waals surface area contributed by atoms with E-state index in [0.29, 0.717) is 0 Å². The maximum atomic E-state index is 10.7. The molecule has 1 aromatic rings. The molecule has 96 valence electrons. The van der Waals surface area contributed by atoms with Crippen LogP contribution in [0, 0.1) is 5.41 Å². The van der Waals surface area contributed by atoms with E-state index >= 15 is 0 Å². The first-order valence-corrected chi connectivity index (χ1v) is 6.29. The summed E-state index contributed by atoms with van der Waals surface area (Å²) in [5.74, 6) is 0.221. The fourth-order valence-electron chi connectivity index (χ4n) is 1.36. The summed E-state index contributed by atoms with van der Waals surface area (Å²) in [6, 6.07) is 0. The fourth-order valence-corrected chi connectivity index (χ4v) is 2.08. The zero-order valence-corrected chi connectivity index (χ0v) is 11.8. The third-order valence-corrected chi connectivity index (χ3v) is 4.22. The van der Waals surface area contributed by atoms with E-state index in [2.05, 4.69) is 10.1 Å². The van der Waals surface area contributed by atoms with Gasteiger partial charge in [0, 0.05) is 16.8 Å². The third-order valence-electron chi connectivity index (χ3n) is 2.80. The summed E-state index contributed by atoms with van der Waals surface area (Å²) in [5.41, 5.74) is -0.915. The van der Waals surface area contributed by atoms with Crippen LogP contribution in [0.4, 0.5) is 0 Å². The second kappa shape index (κ2) is 5.57. The zero-order valence-electron chi connectivity index (χ0n) is 9.57. The summed E-state index contributed by atoms with van der Waals surface area (Å²) >= 11 is 17.5. The first-order valence-electron chi connectivity index (χ1n) is 4.94. The number of hydrogen-bond donors (Lipinski definition) is 1. The average Bonchev–Trinajstić information content (AvgIpc) is 2.80. The SMILES string of the molecule is CC(C)(CCl)C(O)(Cn1cncn1)/C(Cl)=C/Cl. The van der Waals surface area contributed by atoms with Gasteiger partial charge < -0.3 is 5.11 Å². The molecule has 0 bridgehead atoms. The van der Waals surface area contributed by atoms with Crippen LogP contribution in [0.5, 0.6) is 0 Å². The number of alkyl halides is 1. The van der Waals surface area contributed by atoms with Gasteiger partial charge in [0.1, 0.15) is 18.3 Å². The van der Waals surface area contributed by atoms with E-state index in [-0.39, 0.29) is 17.5 Å². The standard InChI is InChI=1S/C10H14Cl3N3O/c1-9(2,4-12)10(17,8(13)3-11)5-16-7-14-6-15-16/h3,6-7,17H,4-5H2,1-2H3/b8-3-. The molecule has 0 saturated carbocycles. The Bertz CT molecular complexity index is 392. The van der Waals surface area contributed by atoms with Gasteiger partial charge in [-0.05, 0) is 0 Å². The van der Waals surface area contributed by atoms with E-state index in [1.807, 2.05) is 0 Å². The largest absolute Gasteiger partial charge is 0.382 e. The molecule has 1 rings (SSSR count). The van der Waals surface area contributed by atoms with Crippen molar-refractivity contribution in [2.45, 2.75) is 26.0 Å². The number of rotatable bonds is 5. The lowest BCUT2D eigenvalue weighted by atomic mass is 9.76. The lowest BCUT2D eigenvalue weighted by Crippen LogP contribution is -2.49. The van der Waals surface area contributed by atoms with E-state index < -0.39 is 11.0 Å². The molecule has 0 amide bonds. The maximum absolute atomic E-state index is 10.7. The van der Waals surface area contributed by atoms with Crippen LogP contribution < -0.4 is 0 Å². The number of hydrogen-bond acceptors (Lipinski definition) is 3. The van der Waals surface area contributed by atoms with Crippen molar-refractivity contribution in [3.8, 4) is 0 Å². The molecule has 0 aliphatic carbocycles. The summed E-state index contributed by atoms with van der Waals surface area (Å²) in [7, 11) is 0. The highest BCUT2D eigenvalue weighted by molar-refractivity contribution is 6.37. The smallest absolute Gasteiger partial charge is 0.137 e. The molecular weight excluding hydrogens is 284 g/mol. The summed E-state index contributed by atoms with van der Waals surface area (Å²) in [4.78, 5) is 3.81. The van der Waals surface area contributed by atoms with Gasteiger partial charge >= 0.3 is 0 Å².